The van der Waals surface area contributed by atoms with E-state index in [1.165, 1.54) is 4.90 Å². The Bertz CT molecular complexity index is 227. The summed E-state index contributed by atoms with van der Waals surface area (Å²) in [5.41, 5.74) is 0. The maximum absolute atomic E-state index is 11.4. The van der Waals surface area contributed by atoms with Crippen molar-refractivity contribution in [2.75, 3.05) is 19.6 Å². The highest BCUT2D eigenvalue weighted by molar-refractivity contribution is 6.01. The predicted octanol–water partition coefficient (Wildman–Crippen LogP) is -0.349. The van der Waals surface area contributed by atoms with Crippen LogP contribution in [0, 0.1) is 0 Å². The van der Waals surface area contributed by atoms with Crippen LogP contribution in [0.2, 0.25) is 0 Å². The molecule has 1 N–H and O–H groups in total. The van der Waals surface area contributed by atoms with Gasteiger partial charge in [0.1, 0.15) is 6.54 Å². The number of hydrogen-bond acceptors (Lipinski definition) is 3. The van der Waals surface area contributed by atoms with E-state index in [4.69, 9.17) is 5.11 Å². The zero-order valence-corrected chi connectivity index (χ0v) is 7.86. The lowest BCUT2D eigenvalue weighted by atomic mass is 10.4. The molecule has 3 amide bonds. The van der Waals surface area contributed by atoms with Crippen molar-refractivity contribution in [3.8, 4) is 0 Å². The van der Waals surface area contributed by atoms with Crippen molar-refractivity contribution in [1.82, 2.24) is 9.80 Å². The van der Waals surface area contributed by atoms with Crippen LogP contribution in [0.5, 0.6) is 0 Å². The summed E-state index contributed by atoms with van der Waals surface area (Å²) in [6.45, 7) is 4.13. The minimum atomic E-state index is -0.662. The standard InChI is InChI=1S/C8H14N2O3/c1-3-9-5-7(12)10(8(9)13)4-6(2)11/h6,11H,3-5H2,1-2H3. The number of imide groups is 1. The number of urea groups is 1. The van der Waals surface area contributed by atoms with Gasteiger partial charge in [-0.15, -0.1) is 0 Å². The van der Waals surface area contributed by atoms with E-state index >= 15 is 0 Å². The Balaban J connectivity index is 2.65. The maximum atomic E-state index is 11.4. The van der Waals surface area contributed by atoms with Gasteiger partial charge < -0.3 is 10.0 Å². The van der Waals surface area contributed by atoms with E-state index in [2.05, 4.69) is 0 Å². The lowest BCUT2D eigenvalue weighted by Gasteiger charge is -2.16. The van der Waals surface area contributed by atoms with E-state index in [1.54, 1.807) is 6.92 Å². The van der Waals surface area contributed by atoms with Gasteiger partial charge in [0.2, 0.25) is 5.91 Å². The number of likely N-dealkylation sites (N-methyl/N-ethyl adjacent to an activating group) is 1. The first kappa shape index (κ1) is 9.98. The Morgan fingerprint density at radius 2 is 2.15 bits per heavy atom. The number of β-amino-alcohol motifs (C(OH)–C–C–N with tert-alkyl or cyclic N) is 1. The molecule has 1 fully saturated rings. The fourth-order valence-electron chi connectivity index (χ4n) is 1.28. The first-order valence-corrected chi connectivity index (χ1v) is 4.33. The number of carbonyl (C=O) groups is 2. The molecule has 0 aliphatic carbocycles. The maximum Gasteiger partial charge on any atom is 0.327 e. The summed E-state index contributed by atoms with van der Waals surface area (Å²) in [5.74, 6) is -0.229. The molecule has 1 aliphatic heterocycles. The first-order valence-electron chi connectivity index (χ1n) is 4.33. The summed E-state index contributed by atoms with van der Waals surface area (Å²) >= 11 is 0. The van der Waals surface area contributed by atoms with Crippen LogP contribution in [0.25, 0.3) is 0 Å². The monoisotopic (exact) mass is 186 g/mol. The summed E-state index contributed by atoms with van der Waals surface area (Å²) < 4.78 is 0. The summed E-state index contributed by atoms with van der Waals surface area (Å²) in [6, 6.07) is -0.298. The Kier molecular flexibility index (Phi) is 2.87. The Morgan fingerprint density at radius 3 is 2.54 bits per heavy atom. The summed E-state index contributed by atoms with van der Waals surface area (Å²) in [6.07, 6.45) is -0.662. The molecular formula is C8H14N2O3. The summed E-state index contributed by atoms with van der Waals surface area (Å²) in [7, 11) is 0. The van der Waals surface area contributed by atoms with Crippen LogP contribution in [0.4, 0.5) is 4.79 Å². The molecule has 0 radical (unpaired) electrons. The average Bonchev–Trinajstić information content (AvgIpc) is 2.31. The van der Waals surface area contributed by atoms with Crippen LogP contribution >= 0.6 is 0 Å². The largest absolute Gasteiger partial charge is 0.392 e. The highest BCUT2D eigenvalue weighted by atomic mass is 16.3. The molecule has 1 saturated heterocycles. The Morgan fingerprint density at radius 1 is 1.54 bits per heavy atom. The molecule has 1 aliphatic rings. The third kappa shape index (κ3) is 1.98. The Hall–Kier alpha value is -1.10. The van der Waals surface area contributed by atoms with E-state index < -0.39 is 6.10 Å². The fraction of sp³-hybridized carbons (Fsp3) is 0.750. The molecule has 13 heavy (non-hydrogen) atoms. The number of hydrogen-bond donors (Lipinski definition) is 1. The second-order valence-electron chi connectivity index (χ2n) is 3.15. The van der Waals surface area contributed by atoms with Crippen LogP contribution in [0.15, 0.2) is 0 Å². The quantitative estimate of drug-likeness (QED) is 0.613. The third-order valence-corrected chi connectivity index (χ3v) is 1.96. The number of amides is 3. The fourth-order valence-corrected chi connectivity index (χ4v) is 1.28. The van der Waals surface area contributed by atoms with Crippen molar-refractivity contribution >= 4 is 11.9 Å². The normalized spacial score (nSPS) is 19.9. The van der Waals surface area contributed by atoms with Gasteiger partial charge in [0.05, 0.1) is 12.6 Å². The van der Waals surface area contributed by atoms with Crippen molar-refractivity contribution in [2.45, 2.75) is 20.0 Å². The molecule has 1 atom stereocenters. The molecule has 1 rings (SSSR count). The van der Waals surface area contributed by atoms with E-state index in [0.717, 1.165) is 4.90 Å². The van der Waals surface area contributed by atoms with Crippen LogP contribution in [-0.2, 0) is 4.79 Å². The first-order chi connectivity index (χ1) is 6.06. The van der Waals surface area contributed by atoms with Crippen LogP contribution in [-0.4, -0.2) is 52.6 Å². The molecule has 5 heteroatoms. The average molecular weight is 186 g/mol. The van der Waals surface area contributed by atoms with Gasteiger partial charge in [-0.1, -0.05) is 0 Å². The van der Waals surface area contributed by atoms with Crippen molar-refractivity contribution in [2.24, 2.45) is 0 Å². The van der Waals surface area contributed by atoms with Crippen molar-refractivity contribution < 1.29 is 14.7 Å². The van der Waals surface area contributed by atoms with Gasteiger partial charge in [0.25, 0.3) is 0 Å². The number of nitrogens with zero attached hydrogens (tertiary/aromatic N) is 2. The molecule has 0 saturated carbocycles. The SMILES string of the molecule is CCN1CC(=O)N(CC(C)O)C1=O. The topological polar surface area (TPSA) is 60.9 Å². The number of aliphatic hydroxyl groups excluding tert-OH is 1. The van der Waals surface area contributed by atoms with Gasteiger partial charge >= 0.3 is 6.03 Å². The highest BCUT2D eigenvalue weighted by Gasteiger charge is 2.35. The number of carbonyl (C=O) groups excluding carboxylic acids is 2. The zero-order chi connectivity index (χ0) is 10.0. The van der Waals surface area contributed by atoms with Crippen LogP contribution in [0.1, 0.15) is 13.8 Å². The summed E-state index contributed by atoms with van der Waals surface area (Å²) in [5, 5.41) is 9.04. The molecule has 0 aromatic rings. The number of aliphatic hydroxyl groups is 1. The van der Waals surface area contributed by atoms with Crippen LogP contribution in [0.3, 0.4) is 0 Å². The van der Waals surface area contributed by atoms with E-state index in [1.807, 2.05) is 6.92 Å². The van der Waals surface area contributed by atoms with Crippen molar-refractivity contribution in [3.63, 3.8) is 0 Å². The van der Waals surface area contributed by atoms with Crippen LogP contribution < -0.4 is 0 Å². The van der Waals surface area contributed by atoms with E-state index in [0.29, 0.717) is 6.54 Å². The minimum absolute atomic E-state index is 0.0914. The van der Waals surface area contributed by atoms with Gasteiger partial charge in [-0.3, -0.25) is 9.69 Å². The van der Waals surface area contributed by atoms with E-state index in [9.17, 15) is 9.59 Å². The molecule has 0 bridgehead atoms. The lowest BCUT2D eigenvalue weighted by Crippen LogP contribution is -2.37. The van der Waals surface area contributed by atoms with E-state index in [-0.39, 0.29) is 25.0 Å². The molecule has 0 aromatic heterocycles. The second-order valence-corrected chi connectivity index (χ2v) is 3.15. The third-order valence-electron chi connectivity index (χ3n) is 1.96. The molecule has 1 unspecified atom stereocenters. The second kappa shape index (κ2) is 3.74. The van der Waals surface area contributed by atoms with Gasteiger partial charge in [-0.2, -0.15) is 0 Å². The molecule has 74 valence electrons. The molecule has 0 spiro atoms. The van der Waals surface area contributed by atoms with Crippen molar-refractivity contribution in [3.05, 3.63) is 0 Å². The molecular weight excluding hydrogens is 172 g/mol. The van der Waals surface area contributed by atoms with Gasteiger partial charge in [-0.05, 0) is 13.8 Å². The summed E-state index contributed by atoms with van der Waals surface area (Å²) in [4.78, 5) is 25.2. The lowest BCUT2D eigenvalue weighted by molar-refractivity contribution is -0.126. The highest BCUT2D eigenvalue weighted by Crippen LogP contribution is 2.09. The predicted molar refractivity (Wildman–Crippen MR) is 46.0 cm³/mol. The molecule has 1 heterocycles. The molecule has 0 aromatic carbocycles. The smallest absolute Gasteiger partial charge is 0.327 e. The van der Waals surface area contributed by atoms with Crippen molar-refractivity contribution in [1.29, 1.82) is 0 Å². The minimum Gasteiger partial charge on any atom is -0.392 e. The van der Waals surface area contributed by atoms with Gasteiger partial charge in [0, 0.05) is 6.54 Å². The van der Waals surface area contributed by atoms with Gasteiger partial charge in [0.15, 0.2) is 0 Å². The Labute approximate surface area is 76.9 Å². The molecule has 5 nitrogen and oxygen atoms in total. The number of rotatable bonds is 3. The zero-order valence-electron chi connectivity index (χ0n) is 7.86. The van der Waals surface area contributed by atoms with Gasteiger partial charge in [-0.25, -0.2) is 4.79 Å².